The molecule has 1 atom stereocenters. The highest BCUT2D eigenvalue weighted by molar-refractivity contribution is 6.01. The first-order chi connectivity index (χ1) is 13.0. The summed E-state index contributed by atoms with van der Waals surface area (Å²) in [5, 5.41) is 15.1. The van der Waals surface area contributed by atoms with Crippen LogP contribution in [0.2, 0.25) is 0 Å². The van der Waals surface area contributed by atoms with Gasteiger partial charge in [-0.3, -0.25) is 10.1 Å². The van der Waals surface area contributed by atoms with Crippen LogP contribution in [-0.4, -0.2) is 23.4 Å². The summed E-state index contributed by atoms with van der Waals surface area (Å²) in [7, 11) is 0. The van der Waals surface area contributed by atoms with Gasteiger partial charge in [0.05, 0.1) is 11.0 Å². The molecule has 0 aliphatic carbocycles. The fourth-order valence-electron chi connectivity index (χ4n) is 3.86. The van der Waals surface area contributed by atoms with E-state index in [1.807, 2.05) is 12.1 Å². The van der Waals surface area contributed by atoms with Crippen molar-refractivity contribution in [3.8, 4) is 0 Å². The highest BCUT2D eigenvalue weighted by Crippen LogP contribution is 2.46. The normalized spacial score (nSPS) is 20.4. The van der Waals surface area contributed by atoms with Crippen molar-refractivity contribution in [3.63, 3.8) is 0 Å². The van der Waals surface area contributed by atoms with Crippen LogP contribution in [-0.2, 0) is 10.3 Å². The Bertz CT molecular complexity index is 932. The Kier molecular flexibility index (Phi) is 4.18. The number of anilines is 1. The lowest BCUT2D eigenvalue weighted by molar-refractivity contribution is -0.384. The second-order valence-corrected chi connectivity index (χ2v) is 7.35. The molecule has 138 valence electrons. The van der Waals surface area contributed by atoms with E-state index >= 15 is 0 Å². The number of rotatable bonds is 3. The summed E-state index contributed by atoms with van der Waals surface area (Å²) in [6, 6.07) is 15.1. The van der Waals surface area contributed by atoms with Gasteiger partial charge in [-0.15, -0.1) is 0 Å². The fourth-order valence-corrected chi connectivity index (χ4v) is 3.86. The van der Waals surface area contributed by atoms with Gasteiger partial charge in [0.1, 0.15) is 6.61 Å². The molecular weight excluding hydrogens is 342 g/mol. The van der Waals surface area contributed by atoms with Crippen molar-refractivity contribution in [2.24, 2.45) is 5.16 Å². The van der Waals surface area contributed by atoms with Gasteiger partial charge in [-0.25, -0.2) is 0 Å². The third-order valence-corrected chi connectivity index (χ3v) is 5.32. The first kappa shape index (κ1) is 17.3. The first-order valence-electron chi connectivity index (χ1n) is 8.99. The minimum atomic E-state index is -0.385. The monoisotopic (exact) mass is 363 g/mol. The largest absolute Gasteiger partial charge is 0.394 e. The number of para-hydroxylation sites is 1. The molecule has 0 radical (unpaired) electrons. The Hall–Kier alpha value is -3.15. The lowest BCUT2D eigenvalue weighted by Gasteiger charge is -2.31. The van der Waals surface area contributed by atoms with E-state index in [-0.39, 0.29) is 22.1 Å². The predicted octanol–water partition coefficient (Wildman–Crippen LogP) is 4.51. The first-order valence-corrected chi connectivity index (χ1v) is 8.99. The van der Waals surface area contributed by atoms with Crippen molar-refractivity contribution in [3.05, 3.63) is 75.8 Å². The lowest BCUT2D eigenvalue weighted by Crippen LogP contribution is -2.43. The number of hydrogen-bond acceptors (Lipinski definition) is 5. The second kappa shape index (κ2) is 6.54. The highest BCUT2D eigenvalue weighted by Gasteiger charge is 2.45. The SMILES string of the molecule is CC1(C)c2ccccc2N(C2=NOCC2)C1C=Cc1ccc([N+](=O)[O-])cc1. The van der Waals surface area contributed by atoms with Gasteiger partial charge in [-0.2, -0.15) is 0 Å². The maximum Gasteiger partial charge on any atom is 0.269 e. The van der Waals surface area contributed by atoms with E-state index in [0.717, 1.165) is 23.5 Å². The van der Waals surface area contributed by atoms with Crippen LogP contribution in [0.1, 0.15) is 31.4 Å². The Morgan fingerprint density at radius 1 is 1.22 bits per heavy atom. The van der Waals surface area contributed by atoms with Crippen molar-refractivity contribution in [2.45, 2.75) is 31.7 Å². The molecule has 6 heteroatoms. The lowest BCUT2D eigenvalue weighted by atomic mass is 9.80. The van der Waals surface area contributed by atoms with Crippen LogP contribution < -0.4 is 4.90 Å². The summed E-state index contributed by atoms with van der Waals surface area (Å²) >= 11 is 0. The van der Waals surface area contributed by atoms with E-state index in [1.54, 1.807) is 12.1 Å². The zero-order chi connectivity index (χ0) is 19.0. The second-order valence-electron chi connectivity index (χ2n) is 7.35. The Morgan fingerprint density at radius 2 is 1.96 bits per heavy atom. The molecule has 6 nitrogen and oxygen atoms in total. The van der Waals surface area contributed by atoms with Crippen LogP contribution in [0.3, 0.4) is 0 Å². The maximum absolute atomic E-state index is 10.8. The van der Waals surface area contributed by atoms with Crippen molar-refractivity contribution < 1.29 is 9.76 Å². The van der Waals surface area contributed by atoms with Gasteiger partial charge in [0, 0.05) is 29.7 Å². The summed E-state index contributed by atoms with van der Waals surface area (Å²) < 4.78 is 0. The topological polar surface area (TPSA) is 68.0 Å². The molecule has 0 saturated heterocycles. The molecule has 27 heavy (non-hydrogen) atoms. The van der Waals surface area contributed by atoms with Gasteiger partial charge < -0.3 is 9.74 Å². The molecule has 0 fully saturated rings. The minimum absolute atomic E-state index is 0.0746. The van der Waals surface area contributed by atoms with Crippen LogP contribution in [0.4, 0.5) is 11.4 Å². The minimum Gasteiger partial charge on any atom is -0.394 e. The fraction of sp³-hybridized carbons (Fsp3) is 0.286. The average Bonchev–Trinajstić information content (AvgIpc) is 3.26. The van der Waals surface area contributed by atoms with Crippen LogP contribution >= 0.6 is 0 Å². The van der Waals surface area contributed by atoms with Crippen molar-refractivity contribution in [2.75, 3.05) is 11.5 Å². The van der Waals surface area contributed by atoms with E-state index in [4.69, 9.17) is 4.84 Å². The van der Waals surface area contributed by atoms with Gasteiger partial charge in [0.15, 0.2) is 5.84 Å². The molecule has 2 aliphatic rings. The maximum atomic E-state index is 10.8. The smallest absolute Gasteiger partial charge is 0.269 e. The summed E-state index contributed by atoms with van der Waals surface area (Å²) in [4.78, 5) is 18.0. The van der Waals surface area contributed by atoms with Gasteiger partial charge >= 0.3 is 0 Å². The molecule has 2 heterocycles. The van der Waals surface area contributed by atoms with Crippen LogP contribution in [0.25, 0.3) is 6.08 Å². The molecule has 1 unspecified atom stereocenters. The average molecular weight is 363 g/mol. The predicted molar refractivity (Wildman–Crippen MR) is 106 cm³/mol. The summed E-state index contributed by atoms with van der Waals surface area (Å²) in [5.74, 6) is 0.936. The number of nitro benzene ring substituents is 1. The zero-order valence-electron chi connectivity index (χ0n) is 15.3. The van der Waals surface area contributed by atoms with Gasteiger partial charge in [-0.05, 0) is 29.3 Å². The number of nitro groups is 1. The molecule has 4 rings (SSSR count). The summed E-state index contributed by atoms with van der Waals surface area (Å²) in [6.45, 7) is 5.06. The molecule has 0 saturated carbocycles. The van der Waals surface area contributed by atoms with Gasteiger partial charge in [0.2, 0.25) is 0 Å². The van der Waals surface area contributed by atoms with Crippen LogP contribution in [0.5, 0.6) is 0 Å². The molecule has 0 aromatic heterocycles. The van der Waals surface area contributed by atoms with Crippen molar-refractivity contribution in [1.82, 2.24) is 0 Å². The molecule has 0 bridgehead atoms. The Morgan fingerprint density at radius 3 is 2.63 bits per heavy atom. The Labute approximate surface area is 157 Å². The zero-order valence-corrected chi connectivity index (χ0v) is 15.3. The van der Waals surface area contributed by atoms with E-state index < -0.39 is 0 Å². The number of amidine groups is 1. The van der Waals surface area contributed by atoms with Crippen LogP contribution in [0, 0.1) is 10.1 Å². The number of nitrogens with zero attached hydrogens (tertiary/aromatic N) is 3. The van der Waals surface area contributed by atoms with Crippen molar-refractivity contribution >= 4 is 23.3 Å². The van der Waals surface area contributed by atoms with E-state index in [1.165, 1.54) is 17.7 Å². The van der Waals surface area contributed by atoms with E-state index in [9.17, 15) is 10.1 Å². The number of fused-ring (bicyclic) bond motifs is 1. The quantitative estimate of drug-likeness (QED) is 0.594. The molecule has 2 aromatic carbocycles. The third kappa shape index (κ3) is 2.97. The molecule has 0 amide bonds. The molecule has 0 spiro atoms. The molecule has 2 aromatic rings. The number of oxime groups is 1. The number of non-ortho nitro benzene ring substituents is 1. The van der Waals surface area contributed by atoms with Crippen LogP contribution in [0.15, 0.2) is 59.8 Å². The van der Waals surface area contributed by atoms with E-state index in [2.05, 4.69) is 48.2 Å². The third-order valence-electron chi connectivity index (χ3n) is 5.32. The molecule has 0 N–H and O–H groups in total. The van der Waals surface area contributed by atoms with Crippen molar-refractivity contribution in [1.29, 1.82) is 0 Å². The summed E-state index contributed by atoms with van der Waals surface area (Å²) in [5.41, 5.74) is 3.35. The highest BCUT2D eigenvalue weighted by atomic mass is 16.6. The molecular formula is C21H21N3O3. The standard InChI is InChI=1S/C21H21N3O3/c1-21(2)17-5-3-4-6-18(17)23(20-13-14-27-22-20)19(21)12-9-15-7-10-16(11-8-15)24(25)26/h3-12,19H,13-14H2,1-2H3. The van der Waals surface area contributed by atoms with Gasteiger partial charge in [-0.1, -0.05) is 49.4 Å². The van der Waals surface area contributed by atoms with Gasteiger partial charge in [0.25, 0.3) is 5.69 Å². The number of benzene rings is 2. The number of hydrogen-bond donors (Lipinski definition) is 0. The molecule has 2 aliphatic heterocycles. The summed E-state index contributed by atoms with van der Waals surface area (Å²) in [6.07, 6.45) is 4.96. The Balaban J connectivity index is 1.70. The van der Waals surface area contributed by atoms with E-state index in [0.29, 0.717) is 6.61 Å².